The van der Waals surface area contributed by atoms with Crippen LogP contribution in [0.3, 0.4) is 0 Å². The van der Waals surface area contributed by atoms with E-state index in [1.807, 2.05) is 16.8 Å². The topological polar surface area (TPSA) is 89.4 Å². The molecule has 2 amide bonds. The molecule has 3 heterocycles. The number of halogens is 1. The molecule has 9 heteroatoms. The van der Waals surface area contributed by atoms with Gasteiger partial charge in [-0.1, -0.05) is 0 Å². The van der Waals surface area contributed by atoms with Gasteiger partial charge in [0.15, 0.2) is 0 Å². The molecule has 0 spiro atoms. The van der Waals surface area contributed by atoms with Crippen molar-refractivity contribution < 1.29 is 18.7 Å². The number of pyridine rings is 1. The Hall–Kier alpha value is -3.75. The molecule has 0 aliphatic carbocycles. The number of cyclic esters (lactones) is 1. The molecule has 1 N–H and O–H groups in total. The third kappa shape index (κ3) is 4.29. The van der Waals surface area contributed by atoms with Gasteiger partial charge >= 0.3 is 6.09 Å². The highest BCUT2D eigenvalue weighted by atomic mass is 19.1. The third-order valence-electron chi connectivity index (χ3n) is 4.75. The number of amides is 2. The van der Waals surface area contributed by atoms with Gasteiger partial charge in [-0.05, 0) is 35.9 Å². The van der Waals surface area contributed by atoms with E-state index < -0.39 is 18.0 Å². The minimum absolute atomic E-state index is 0.204. The van der Waals surface area contributed by atoms with Crippen molar-refractivity contribution in [3.05, 3.63) is 66.8 Å². The summed E-state index contributed by atoms with van der Waals surface area (Å²) < 4.78 is 22.0. The van der Waals surface area contributed by atoms with Crippen LogP contribution in [0.1, 0.15) is 12.6 Å². The van der Waals surface area contributed by atoms with Gasteiger partial charge in [-0.3, -0.25) is 14.7 Å². The lowest BCUT2D eigenvalue weighted by Gasteiger charge is -2.15. The zero-order valence-corrected chi connectivity index (χ0v) is 16.3. The summed E-state index contributed by atoms with van der Waals surface area (Å²) in [4.78, 5) is 32.9. The zero-order chi connectivity index (χ0) is 21.1. The Kier molecular flexibility index (Phi) is 5.42. The number of imidazole rings is 1. The quantitative estimate of drug-likeness (QED) is 0.676. The summed E-state index contributed by atoms with van der Waals surface area (Å²) in [6.07, 6.45) is 5.81. The number of aromatic nitrogens is 3. The highest BCUT2D eigenvalue weighted by Crippen LogP contribution is 2.29. The predicted molar refractivity (Wildman–Crippen MR) is 107 cm³/mol. The molecular formula is C21H20FN5O3. The molecule has 0 unspecified atom stereocenters. The zero-order valence-electron chi connectivity index (χ0n) is 16.3. The van der Waals surface area contributed by atoms with Crippen LogP contribution in [0.15, 0.2) is 55.2 Å². The second-order valence-electron chi connectivity index (χ2n) is 6.99. The summed E-state index contributed by atoms with van der Waals surface area (Å²) in [5.74, 6) is -0.657. The summed E-state index contributed by atoms with van der Waals surface area (Å²) in [5.41, 5.74) is 2.28. The molecule has 1 saturated heterocycles. The van der Waals surface area contributed by atoms with E-state index in [1.165, 1.54) is 17.9 Å². The third-order valence-corrected chi connectivity index (χ3v) is 4.75. The van der Waals surface area contributed by atoms with Crippen LogP contribution in [0.5, 0.6) is 0 Å². The molecule has 30 heavy (non-hydrogen) atoms. The van der Waals surface area contributed by atoms with Gasteiger partial charge in [-0.15, -0.1) is 0 Å². The normalized spacial score (nSPS) is 15.9. The Balaban J connectivity index is 1.51. The minimum atomic E-state index is -0.566. The molecule has 2 aromatic heterocycles. The minimum Gasteiger partial charge on any atom is -0.442 e. The van der Waals surface area contributed by atoms with Crippen LogP contribution >= 0.6 is 0 Å². The van der Waals surface area contributed by atoms with Crippen molar-refractivity contribution in [1.82, 2.24) is 19.9 Å². The molecule has 0 radical (unpaired) electrons. The van der Waals surface area contributed by atoms with Gasteiger partial charge in [0.2, 0.25) is 5.91 Å². The number of nitrogens with zero attached hydrogens (tertiary/aromatic N) is 4. The van der Waals surface area contributed by atoms with Gasteiger partial charge in [-0.2, -0.15) is 0 Å². The Morgan fingerprint density at radius 3 is 2.90 bits per heavy atom. The smallest absolute Gasteiger partial charge is 0.414 e. The van der Waals surface area contributed by atoms with Crippen LogP contribution in [-0.4, -0.2) is 45.7 Å². The van der Waals surface area contributed by atoms with Crippen molar-refractivity contribution in [2.24, 2.45) is 0 Å². The second-order valence-corrected chi connectivity index (χ2v) is 6.99. The average Bonchev–Trinajstić information content (AvgIpc) is 3.36. The Bertz CT molecular complexity index is 1070. The molecule has 8 nitrogen and oxygen atoms in total. The standard InChI is InChI=1S/C21H20FN5O3/c1-14(28)25-10-18-12-27(21(29)30-18)17-2-3-19(20(22)9-17)15-4-5-24-16(8-15)11-26-7-6-23-13-26/h2-9,13,18H,10-12H2,1H3,(H,25,28)/t18-/m0/s1. The number of hydrogen-bond acceptors (Lipinski definition) is 5. The van der Waals surface area contributed by atoms with E-state index in [1.54, 1.807) is 36.9 Å². The molecule has 1 atom stereocenters. The van der Waals surface area contributed by atoms with Crippen LogP contribution in [-0.2, 0) is 16.1 Å². The summed E-state index contributed by atoms with van der Waals surface area (Å²) in [7, 11) is 0. The van der Waals surface area contributed by atoms with Gasteiger partial charge < -0.3 is 14.6 Å². The molecule has 0 saturated carbocycles. The van der Waals surface area contributed by atoms with E-state index in [2.05, 4.69) is 15.3 Å². The lowest BCUT2D eigenvalue weighted by Crippen LogP contribution is -2.33. The maximum Gasteiger partial charge on any atom is 0.414 e. The average molecular weight is 409 g/mol. The fourth-order valence-electron chi connectivity index (χ4n) is 3.30. The first-order valence-corrected chi connectivity index (χ1v) is 9.43. The highest BCUT2D eigenvalue weighted by molar-refractivity contribution is 5.90. The monoisotopic (exact) mass is 409 g/mol. The molecule has 1 aromatic carbocycles. The summed E-state index contributed by atoms with van der Waals surface area (Å²) in [6, 6.07) is 8.19. The first kappa shape index (κ1) is 19.6. The first-order chi connectivity index (χ1) is 14.5. The number of rotatable bonds is 6. The first-order valence-electron chi connectivity index (χ1n) is 9.43. The van der Waals surface area contributed by atoms with Crippen LogP contribution in [0.4, 0.5) is 14.9 Å². The largest absolute Gasteiger partial charge is 0.442 e. The van der Waals surface area contributed by atoms with Crippen molar-refractivity contribution >= 4 is 17.7 Å². The number of carbonyl (C=O) groups excluding carboxylic acids is 2. The van der Waals surface area contributed by atoms with Gasteiger partial charge in [0.1, 0.15) is 11.9 Å². The maximum atomic E-state index is 14.9. The Labute approximate surface area is 172 Å². The number of ether oxygens (including phenoxy) is 1. The molecule has 1 aliphatic heterocycles. The number of benzene rings is 1. The van der Waals surface area contributed by atoms with Gasteiger partial charge in [-0.25, -0.2) is 14.2 Å². The van der Waals surface area contributed by atoms with Gasteiger partial charge in [0.25, 0.3) is 0 Å². The van der Waals surface area contributed by atoms with Crippen molar-refractivity contribution in [2.45, 2.75) is 19.6 Å². The number of anilines is 1. The summed E-state index contributed by atoms with van der Waals surface area (Å²) in [6.45, 7) is 2.38. The number of carbonyl (C=O) groups is 2. The SMILES string of the molecule is CC(=O)NC[C@H]1CN(c2ccc(-c3ccnc(Cn4ccnc4)c3)c(F)c2)C(=O)O1. The second kappa shape index (κ2) is 8.32. The van der Waals surface area contributed by atoms with E-state index in [-0.39, 0.29) is 19.0 Å². The summed E-state index contributed by atoms with van der Waals surface area (Å²) in [5, 5.41) is 2.61. The van der Waals surface area contributed by atoms with Crippen molar-refractivity contribution in [3.8, 4) is 11.1 Å². The molecule has 1 aliphatic rings. The van der Waals surface area contributed by atoms with Crippen molar-refractivity contribution in [3.63, 3.8) is 0 Å². The molecule has 1 fully saturated rings. The van der Waals surface area contributed by atoms with E-state index >= 15 is 0 Å². The van der Waals surface area contributed by atoms with Crippen LogP contribution < -0.4 is 10.2 Å². The van der Waals surface area contributed by atoms with E-state index in [9.17, 15) is 14.0 Å². The van der Waals surface area contributed by atoms with Crippen LogP contribution in [0, 0.1) is 5.82 Å². The maximum absolute atomic E-state index is 14.9. The molecule has 154 valence electrons. The number of nitrogens with one attached hydrogen (secondary N) is 1. The molecule has 4 rings (SSSR count). The van der Waals surface area contributed by atoms with E-state index in [0.717, 1.165) is 5.69 Å². The van der Waals surface area contributed by atoms with Crippen molar-refractivity contribution in [2.75, 3.05) is 18.0 Å². The molecular weight excluding hydrogens is 389 g/mol. The Morgan fingerprint density at radius 1 is 1.30 bits per heavy atom. The van der Waals surface area contributed by atoms with Gasteiger partial charge in [0.05, 0.1) is 37.3 Å². The molecule has 0 bridgehead atoms. The van der Waals surface area contributed by atoms with E-state index in [4.69, 9.17) is 4.74 Å². The van der Waals surface area contributed by atoms with Crippen molar-refractivity contribution in [1.29, 1.82) is 0 Å². The van der Waals surface area contributed by atoms with Crippen LogP contribution in [0.25, 0.3) is 11.1 Å². The Morgan fingerprint density at radius 2 is 2.17 bits per heavy atom. The molecule has 3 aromatic rings. The fourth-order valence-corrected chi connectivity index (χ4v) is 3.30. The summed E-state index contributed by atoms with van der Waals surface area (Å²) >= 11 is 0. The highest BCUT2D eigenvalue weighted by Gasteiger charge is 2.32. The van der Waals surface area contributed by atoms with E-state index in [0.29, 0.717) is 23.4 Å². The predicted octanol–water partition coefficient (Wildman–Crippen LogP) is 2.59. The lowest BCUT2D eigenvalue weighted by atomic mass is 10.0. The number of hydrogen-bond donors (Lipinski definition) is 1. The fraction of sp³-hybridized carbons (Fsp3) is 0.238. The van der Waals surface area contributed by atoms with Gasteiger partial charge in [0, 0.05) is 31.1 Å². The van der Waals surface area contributed by atoms with Crippen LogP contribution in [0.2, 0.25) is 0 Å². The lowest BCUT2D eigenvalue weighted by molar-refractivity contribution is -0.119.